The lowest BCUT2D eigenvalue weighted by Gasteiger charge is -2.19. The van der Waals surface area contributed by atoms with Gasteiger partial charge in [-0.2, -0.15) is 5.01 Å². The molecule has 24 heavy (non-hydrogen) atoms. The third kappa shape index (κ3) is 2.23. The van der Waals surface area contributed by atoms with Crippen molar-refractivity contribution in [3.05, 3.63) is 71.7 Å². The Morgan fingerprint density at radius 3 is 2.62 bits per heavy atom. The Bertz CT molecular complexity index is 946. The zero-order chi connectivity index (χ0) is 16.7. The lowest BCUT2D eigenvalue weighted by atomic mass is 10.2. The van der Waals surface area contributed by atoms with Crippen LogP contribution in [0.5, 0.6) is 0 Å². The minimum atomic E-state index is -0.563. The first kappa shape index (κ1) is 14.4. The summed E-state index contributed by atoms with van der Waals surface area (Å²) in [5, 5.41) is 5.78. The molecule has 0 saturated carbocycles. The van der Waals surface area contributed by atoms with Gasteiger partial charge < -0.3 is 4.74 Å². The van der Waals surface area contributed by atoms with Gasteiger partial charge in [-0.3, -0.25) is 9.20 Å². The largest absolute Gasteiger partial charge is 0.445 e. The second kappa shape index (κ2) is 5.49. The summed E-state index contributed by atoms with van der Waals surface area (Å²) in [7, 11) is 0. The summed E-state index contributed by atoms with van der Waals surface area (Å²) in [4.78, 5) is 16.5. The molecular formula is C18H16N4O2. The number of ether oxygens (including phenoxy) is 1. The van der Waals surface area contributed by atoms with Gasteiger partial charge in [0.25, 0.3) is 5.90 Å². The van der Waals surface area contributed by atoms with Crippen molar-refractivity contribution >= 4 is 17.5 Å². The highest BCUT2D eigenvalue weighted by Gasteiger charge is 2.34. The van der Waals surface area contributed by atoms with Gasteiger partial charge in [-0.05, 0) is 19.1 Å². The van der Waals surface area contributed by atoms with Crippen LogP contribution in [-0.2, 0) is 9.53 Å². The summed E-state index contributed by atoms with van der Waals surface area (Å²) in [5.41, 5.74) is 3.25. The number of aryl methyl sites for hydroxylation is 1. The van der Waals surface area contributed by atoms with Crippen molar-refractivity contribution in [2.75, 3.05) is 0 Å². The van der Waals surface area contributed by atoms with Gasteiger partial charge >= 0.3 is 0 Å². The van der Waals surface area contributed by atoms with E-state index in [0.29, 0.717) is 5.90 Å². The van der Waals surface area contributed by atoms with Crippen LogP contribution in [0.4, 0.5) is 0 Å². The maximum Gasteiger partial charge on any atom is 0.260 e. The molecule has 0 saturated heterocycles. The Kier molecular flexibility index (Phi) is 3.30. The highest BCUT2D eigenvalue weighted by molar-refractivity contribution is 5.96. The molecule has 120 valence electrons. The van der Waals surface area contributed by atoms with Crippen molar-refractivity contribution < 1.29 is 9.53 Å². The van der Waals surface area contributed by atoms with Gasteiger partial charge in [-0.15, -0.1) is 5.10 Å². The van der Waals surface area contributed by atoms with E-state index in [4.69, 9.17) is 4.74 Å². The van der Waals surface area contributed by atoms with E-state index in [2.05, 4.69) is 10.1 Å². The fraction of sp³-hybridized carbons (Fsp3) is 0.167. The summed E-state index contributed by atoms with van der Waals surface area (Å²) < 4.78 is 7.97. The molecule has 1 aliphatic rings. The van der Waals surface area contributed by atoms with Gasteiger partial charge in [0.2, 0.25) is 12.1 Å². The maximum atomic E-state index is 12.0. The molecule has 0 radical (unpaired) electrons. The molecule has 2 aromatic heterocycles. The number of hydrogen-bond acceptors (Lipinski definition) is 4. The van der Waals surface area contributed by atoms with Crippen LogP contribution in [0.3, 0.4) is 0 Å². The highest BCUT2D eigenvalue weighted by atomic mass is 16.5. The van der Waals surface area contributed by atoms with Crippen LogP contribution in [0, 0.1) is 6.92 Å². The van der Waals surface area contributed by atoms with Crippen molar-refractivity contribution in [2.45, 2.75) is 20.1 Å². The van der Waals surface area contributed by atoms with Gasteiger partial charge in [0.05, 0.1) is 5.69 Å². The van der Waals surface area contributed by atoms with Gasteiger partial charge in [-0.1, -0.05) is 36.4 Å². The van der Waals surface area contributed by atoms with Crippen LogP contribution in [0.2, 0.25) is 0 Å². The Morgan fingerprint density at radius 1 is 1.12 bits per heavy atom. The van der Waals surface area contributed by atoms with Gasteiger partial charge in [0, 0.05) is 18.7 Å². The number of benzene rings is 1. The predicted molar refractivity (Wildman–Crippen MR) is 89.3 cm³/mol. The van der Waals surface area contributed by atoms with E-state index in [1.54, 1.807) is 0 Å². The highest BCUT2D eigenvalue weighted by Crippen LogP contribution is 2.31. The second-order valence-corrected chi connectivity index (χ2v) is 5.62. The molecule has 3 aromatic rings. The standard InChI is InChI=1S/C18H16N4O2/c1-12-16(21-11-7-6-10-15(21)19-12)17-20-22(13(2)23)18(24-17)14-8-4-3-5-9-14/h3-11,18H,1-2H3/t18-/m1/s1. The Morgan fingerprint density at radius 2 is 1.88 bits per heavy atom. The van der Waals surface area contributed by atoms with Crippen molar-refractivity contribution in [1.29, 1.82) is 0 Å². The predicted octanol–water partition coefficient (Wildman–Crippen LogP) is 2.88. The molecule has 0 spiro atoms. The summed E-state index contributed by atoms with van der Waals surface area (Å²) >= 11 is 0. The molecule has 1 aromatic carbocycles. The van der Waals surface area contributed by atoms with E-state index in [0.717, 1.165) is 22.6 Å². The second-order valence-electron chi connectivity index (χ2n) is 5.62. The van der Waals surface area contributed by atoms with Gasteiger partial charge in [0.15, 0.2) is 0 Å². The lowest BCUT2D eigenvalue weighted by molar-refractivity contribution is -0.135. The van der Waals surface area contributed by atoms with E-state index in [1.807, 2.05) is 66.1 Å². The third-order valence-corrected chi connectivity index (χ3v) is 3.96. The number of imidazole rings is 1. The van der Waals surface area contributed by atoms with Crippen molar-refractivity contribution in [3.8, 4) is 0 Å². The topological polar surface area (TPSA) is 59.2 Å². The average molecular weight is 320 g/mol. The molecule has 0 fully saturated rings. The normalized spacial score (nSPS) is 17.0. The molecule has 1 aliphatic heterocycles. The van der Waals surface area contributed by atoms with E-state index in [9.17, 15) is 4.79 Å². The van der Waals surface area contributed by atoms with Gasteiger partial charge in [-0.25, -0.2) is 4.98 Å². The van der Waals surface area contributed by atoms with Crippen molar-refractivity contribution in [3.63, 3.8) is 0 Å². The number of carbonyl (C=O) groups excluding carboxylic acids is 1. The maximum absolute atomic E-state index is 12.0. The number of aromatic nitrogens is 2. The van der Waals surface area contributed by atoms with Crippen molar-refractivity contribution in [2.24, 2.45) is 5.10 Å². The van der Waals surface area contributed by atoms with Crippen LogP contribution in [0.1, 0.15) is 30.1 Å². The van der Waals surface area contributed by atoms with Crippen LogP contribution < -0.4 is 0 Å². The van der Waals surface area contributed by atoms with Crippen molar-refractivity contribution in [1.82, 2.24) is 14.4 Å². The Hall–Kier alpha value is -3.15. The molecule has 1 atom stereocenters. The molecule has 0 bridgehead atoms. The molecule has 3 heterocycles. The van der Waals surface area contributed by atoms with Crippen LogP contribution in [0.25, 0.3) is 5.65 Å². The van der Waals surface area contributed by atoms with Crippen LogP contribution in [-0.4, -0.2) is 26.2 Å². The first-order valence-corrected chi connectivity index (χ1v) is 7.69. The molecule has 6 heteroatoms. The van der Waals surface area contributed by atoms with E-state index in [-0.39, 0.29) is 5.91 Å². The minimum absolute atomic E-state index is 0.176. The number of amides is 1. The van der Waals surface area contributed by atoms with Crippen LogP contribution in [0.15, 0.2) is 59.8 Å². The number of pyridine rings is 1. The number of carbonyl (C=O) groups is 1. The van der Waals surface area contributed by atoms with E-state index < -0.39 is 6.23 Å². The Labute approximate surface area is 139 Å². The molecule has 0 aliphatic carbocycles. The molecule has 0 N–H and O–H groups in total. The molecule has 4 rings (SSSR count). The molecule has 0 unspecified atom stereocenters. The smallest absolute Gasteiger partial charge is 0.260 e. The van der Waals surface area contributed by atoms with E-state index >= 15 is 0 Å². The van der Waals surface area contributed by atoms with E-state index in [1.165, 1.54) is 11.9 Å². The summed E-state index contributed by atoms with van der Waals surface area (Å²) in [6.07, 6.45) is 1.34. The number of nitrogens with zero attached hydrogens (tertiary/aromatic N) is 4. The molecule has 1 amide bonds. The fourth-order valence-electron chi connectivity index (χ4n) is 2.87. The first-order valence-electron chi connectivity index (χ1n) is 7.69. The van der Waals surface area contributed by atoms with Gasteiger partial charge in [0.1, 0.15) is 11.3 Å². The summed E-state index contributed by atoms with van der Waals surface area (Å²) in [6, 6.07) is 15.3. The monoisotopic (exact) mass is 320 g/mol. The number of hydrogen-bond donors (Lipinski definition) is 0. The zero-order valence-electron chi connectivity index (χ0n) is 13.4. The summed E-state index contributed by atoms with van der Waals surface area (Å²) in [5.74, 6) is 0.223. The number of hydrazone groups is 1. The SMILES string of the molecule is CC(=O)N1N=C(c2c(C)nc3ccccn23)O[C@@H]1c1ccccc1. The zero-order valence-corrected chi connectivity index (χ0v) is 13.4. The van der Waals surface area contributed by atoms with Crippen LogP contribution >= 0.6 is 0 Å². The Balaban J connectivity index is 1.80. The first-order chi connectivity index (χ1) is 11.6. The number of fused-ring (bicyclic) bond motifs is 1. The minimum Gasteiger partial charge on any atom is -0.445 e. The average Bonchev–Trinajstić information content (AvgIpc) is 3.16. The fourth-order valence-corrected chi connectivity index (χ4v) is 2.87. The third-order valence-electron chi connectivity index (χ3n) is 3.96. The quantitative estimate of drug-likeness (QED) is 0.729. The number of rotatable bonds is 2. The molecular weight excluding hydrogens is 304 g/mol. The summed E-state index contributed by atoms with van der Waals surface area (Å²) in [6.45, 7) is 3.38. The lowest BCUT2D eigenvalue weighted by Crippen LogP contribution is -2.25. The molecule has 6 nitrogen and oxygen atoms in total.